The third-order valence-electron chi connectivity index (χ3n) is 20.9. The fourth-order valence-electron chi connectivity index (χ4n) is 14.8. The first-order valence-electron chi connectivity index (χ1n) is 38.9. The second-order valence-corrected chi connectivity index (χ2v) is 33.7. The van der Waals surface area contributed by atoms with E-state index in [1.54, 1.807) is 84.9 Å². The van der Waals surface area contributed by atoms with Crippen LogP contribution in [0, 0.1) is 11.8 Å². The number of hydrogen-bond donors (Lipinski definition) is 10. The molecule has 0 fully saturated rings. The lowest BCUT2D eigenvalue weighted by Gasteiger charge is -2.27. The molecule has 3 aliphatic rings. The van der Waals surface area contributed by atoms with E-state index in [0.29, 0.717) is 67.0 Å². The maximum Gasteiger partial charge on any atom is 0.326 e. The monoisotopic (exact) mass is 1620 g/mol. The number of anilines is 1. The van der Waals surface area contributed by atoms with Crippen LogP contribution >= 0.6 is 0 Å². The molecule has 0 unspecified atom stereocenters. The van der Waals surface area contributed by atoms with E-state index in [1.165, 1.54) is 0 Å². The Morgan fingerprint density at radius 1 is 0.539 bits per heavy atom. The van der Waals surface area contributed by atoms with Crippen LogP contribution in [0.25, 0.3) is 0 Å². The summed E-state index contributed by atoms with van der Waals surface area (Å²) in [5.74, 6) is -10.6. The quantitative estimate of drug-likeness (QED) is 0.00982. The molecule has 0 radical (unpaired) electrons. The van der Waals surface area contributed by atoms with Crippen LogP contribution in [0.2, 0.25) is 0 Å². The van der Waals surface area contributed by atoms with Crippen molar-refractivity contribution in [3.8, 4) is 5.75 Å². The summed E-state index contributed by atoms with van der Waals surface area (Å²) in [5, 5.41) is 49.2. The van der Waals surface area contributed by atoms with Gasteiger partial charge in [0.1, 0.15) is 41.7 Å². The van der Waals surface area contributed by atoms with Crippen molar-refractivity contribution in [2.45, 2.75) is 191 Å². The van der Waals surface area contributed by atoms with Gasteiger partial charge in [-0.1, -0.05) is 129 Å². The SMILES string of the molecule is CC1(C)C(=CC=C2CCCC(C=CC3=[N+](CCCCS(=O)(=O)O)c4ccccc4C3(C)C)=C2Oc2ccc(C[C@H](NC(=O)[C@@H](CC(=O)[C@H](Cc3ccccc3)NC(=O)CCCCC(=O)C[C@H](CC(=O)CC[C@H](NC(=O)NCCCC(=O)O)C(=O)O)C(=O)O)Cc3ccccc3)C(=O)O)cc2)N(CCCCS(=O)(=O)O)c2ccccc21. The molecule has 616 valence electrons. The predicted octanol–water partition coefficient (Wildman–Crippen LogP) is 11.3. The molecule has 27 nitrogen and oxygen atoms in total. The lowest BCUT2D eigenvalue weighted by molar-refractivity contribution is -0.438. The minimum absolute atomic E-state index is 0.0169. The second-order valence-electron chi connectivity index (χ2n) is 30.5. The highest BCUT2D eigenvalue weighted by Gasteiger charge is 2.45. The van der Waals surface area contributed by atoms with Crippen molar-refractivity contribution in [1.82, 2.24) is 21.3 Å². The van der Waals surface area contributed by atoms with E-state index in [1.807, 2.05) is 36.4 Å². The van der Waals surface area contributed by atoms with Gasteiger partial charge < -0.3 is 51.3 Å². The number of hydrogen-bond acceptors (Lipinski definition) is 16. The van der Waals surface area contributed by atoms with Crippen LogP contribution in [0.3, 0.4) is 0 Å². The summed E-state index contributed by atoms with van der Waals surface area (Å²) in [7, 11) is -8.34. The molecule has 0 saturated carbocycles. The molecule has 29 heteroatoms. The van der Waals surface area contributed by atoms with E-state index in [2.05, 4.69) is 94.9 Å². The van der Waals surface area contributed by atoms with Crippen molar-refractivity contribution in [2.75, 3.05) is 36.0 Å². The molecule has 5 atom stereocenters. The average molecular weight is 1620 g/mol. The molecule has 4 amide bonds. The topological polar surface area (TPSA) is 424 Å². The first-order chi connectivity index (χ1) is 54.6. The molecule has 0 aromatic heterocycles. The summed E-state index contributed by atoms with van der Waals surface area (Å²) in [4.78, 5) is 132. The minimum atomic E-state index is -4.17. The number of para-hydroxylation sites is 2. The van der Waals surface area contributed by atoms with Crippen molar-refractivity contribution >= 4 is 96.4 Å². The van der Waals surface area contributed by atoms with Crippen LogP contribution in [0.5, 0.6) is 5.75 Å². The fourth-order valence-corrected chi connectivity index (χ4v) is 16.0. The van der Waals surface area contributed by atoms with Gasteiger partial charge in [-0.3, -0.25) is 42.7 Å². The minimum Gasteiger partial charge on any atom is -0.481 e. The maximum absolute atomic E-state index is 14.7. The van der Waals surface area contributed by atoms with Gasteiger partial charge in [-0.05, 0) is 155 Å². The van der Waals surface area contributed by atoms with Gasteiger partial charge in [-0.15, -0.1) is 0 Å². The molecular weight excluding hydrogens is 1520 g/mol. The number of urea groups is 1. The molecular formula is C86H105N6O21S2+. The number of allylic oxidation sites excluding steroid dienone is 7. The van der Waals surface area contributed by atoms with Gasteiger partial charge in [0.05, 0.1) is 28.9 Å². The summed E-state index contributed by atoms with van der Waals surface area (Å²) >= 11 is 0. The summed E-state index contributed by atoms with van der Waals surface area (Å²) < 4.78 is 75.3. The van der Waals surface area contributed by atoms with E-state index in [-0.39, 0.29) is 88.7 Å². The molecule has 0 saturated heterocycles. The van der Waals surface area contributed by atoms with E-state index in [9.17, 15) is 89.2 Å². The molecule has 0 bridgehead atoms. The van der Waals surface area contributed by atoms with E-state index in [4.69, 9.17) is 9.84 Å². The Labute approximate surface area is 671 Å². The number of aliphatic carboxylic acids is 4. The largest absolute Gasteiger partial charge is 0.481 e. The number of Topliss-reactive ketones (excluding diaryl/α,β-unsaturated/α-hetero) is 3. The number of benzene rings is 5. The van der Waals surface area contributed by atoms with Crippen LogP contribution in [0.4, 0.5) is 16.2 Å². The fraction of sp³-hybridized carbons (Fsp3) is 0.430. The van der Waals surface area contributed by atoms with Gasteiger partial charge in [-0.2, -0.15) is 21.4 Å². The van der Waals surface area contributed by atoms with Gasteiger partial charge in [0.2, 0.25) is 17.5 Å². The number of nitrogens with one attached hydrogen (secondary N) is 4. The van der Waals surface area contributed by atoms with Crippen molar-refractivity contribution in [3.63, 3.8) is 0 Å². The molecule has 1 aliphatic carbocycles. The maximum atomic E-state index is 14.7. The number of ketones is 3. The number of carboxylic acid groups (broad SMARTS) is 4. The number of amides is 4. The zero-order chi connectivity index (χ0) is 83.6. The Bertz CT molecular complexity index is 4740. The van der Waals surface area contributed by atoms with E-state index in [0.717, 1.165) is 51.5 Å². The Balaban J connectivity index is 0.973. The zero-order valence-corrected chi connectivity index (χ0v) is 66.9. The highest BCUT2D eigenvalue weighted by Crippen LogP contribution is 2.48. The van der Waals surface area contributed by atoms with Crippen molar-refractivity contribution in [2.24, 2.45) is 11.8 Å². The lowest BCUT2D eigenvalue weighted by atomic mass is 9.81. The van der Waals surface area contributed by atoms with E-state index >= 15 is 0 Å². The first kappa shape index (κ1) is 89.8. The van der Waals surface area contributed by atoms with Crippen LogP contribution in [-0.4, -0.2) is 165 Å². The molecule has 8 rings (SSSR count). The van der Waals surface area contributed by atoms with E-state index < -0.39 is 152 Å². The summed E-state index contributed by atoms with van der Waals surface area (Å²) in [6.45, 7) is 9.43. The highest BCUT2D eigenvalue weighted by molar-refractivity contribution is 7.86. The van der Waals surface area contributed by atoms with Crippen LogP contribution in [-0.2, 0) is 93.5 Å². The molecule has 5 aromatic carbocycles. The zero-order valence-electron chi connectivity index (χ0n) is 65.3. The third kappa shape index (κ3) is 27.5. The average Bonchev–Trinajstić information content (AvgIpc) is 1.60. The molecule has 0 spiro atoms. The summed E-state index contributed by atoms with van der Waals surface area (Å²) in [5.41, 5.74) is 8.71. The second kappa shape index (κ2) is 42.0. The van der Waals surface area contributed by atoms with Crippen molar-refractivity contribution < 1.29 is 104 Å². The number of carboxylic acids is 4. The number of carbonyl (C=O) groups excluding carboxylic acids is 6. The van der Waals surface area contributed by atoms with Crippen LogP contribution in [0.1, 0.15) is 171 Å². The first-order valence-corrected chi connectivity index (χ1v) is 42.1. The van der Waals surface area contributed by atoms with Gasteiger partial charge in [-0.25, -0.2) is 14.4 Å². The van der Waals surface area contributed by atoms with Gasteiger partial charge in [0, 0.05) is 111 Å². The van der Waals surface area contributed by atoms with Gasteiger partial charge in [0.15, 0.2) is 11.5 Å². The number of fused-ring (bicyclic) bond motifs is 2. The number of unbranched alkanes of at least 4 members (excludes halogenated alkanes) is 3. The predicted molar refractivity (Wildman–Crippen MR) is 432 cm³/mol. The van der Waals surface area contributed by atoms with Gasteiger partial charge in [0.25, 0.3) is 20.2 Å². The molecule has 5 aromatic rings. The molecule has 2 heterocycles. The van der Waals surface area contributed by atoms with Gasteiger partial charge >= 0.3 is 29.9 Å². The number of nitrogens with zero attached hydrogens (tertiary/aromatic N) is 2. The summed E-state index contributed by atoms with van der Waals surface area (Å²) in [6.07, 6.45) is 8.97. The number of ether oxygens (including phenoxy) is 1. The molecule has 115 heavy (non-hydrogen) atoms. The number of rotatable bonds is 47. The third-order valence-corrected chi connectivity index (χ3v) is 22.6. The van der Waals surface area contributed by atoms with Crippen LogP contribution < -0.4 is 30.9 Å². The lowest BCUT2D eigenvalue weighted by Crippen LogP contribution is -2.47. The van der Waals surface area contributed by atoms with Crippen molar-refractivity contribution in [1.29, 1.82) is 0 Å². The Morgan fingerprint density at radius 3 is 1.76 bits per heavy atom. The summed E-state index contributed by atoms with van der Waals surface area (Å²) in [6, 6.07) is 35.6. The highest BCUT2D eigenvalue weighted by atomic mass is 32.2. The Hall–Kier alpha value is -10.8. The Morgan fingerprint density at radius 2 is 1.12 bits per heavy atom. The Kier molecular flexibility index (Phi) is 32.8. The van der Waals surface area contributed by atoms with Crippen molar-refractivity contribution in [3.05, 3.63) is 208 Å². The smallest absolute Gasteiger partial charge is 0.326 e. The van der Waals surface area contributed by atoms with Crippen LogP contribution in [0.15, 0.2) is 180 Å². The standard InChI is InChI=1S/C86H104N6O21S2/c1-85(2)67-30-12-14-32-72(67)91(47-17-19-49-114(107,108)109)75(85)44-38-60-27-21-28-61(39-45-76-86(3,4)68-31-13-15-33-73(68)92(76)48-18-20-50-115(110,111)112)79(60)113-66-41-36-59(37-42-66)53-71(83(104)105)89-80(99)62(51-57-23-7-5-8-24-57)56-74(95)70(52-58-25-9-6-10-26-58)88-77(96)34-16-11-29-64(93)54-63(81(100)101)55-65(94)40-43-69(82(102)103)90-84(106)87-46-22-35-78(97)98/h5-10,12-15,23-26,30-33,36-39,41-42,44-45,62-63,69-71H,11,16-22,27-29,34-35,40,43,46-56H2,1-4H3,(H9-,87,88,89,90,96,97,98,99,100,101,102,103,104,105,106,107,108,109,110,111,112)/p+1/t62-,63-,69+,70+,71+/m1/s1. The molecule has 2 aliphatic heterocycles. The molecule has 10 N–H and O–H groups in total. The normalized spacial score (nSPS) is 16.4. The number of carbonyl (C=O) groups is 10.